The van der Waals surface area contributed by atoms with Gasteiger partial charge in [-0.25, -0.2) is 10.2 Å². The maximum atomic E-state index is 12.1. The van der Waals surface area contributed by atoms with E-state index in [2.05, 4.69) is 10.5 Å². The van der Waals surface area contributed by atoms with Crippen LogP contribution in [-0.4, -0.2) is 25.2 Å². The minimum Gasteiger partial charge on any atom is -0.493 e. The molecule has 0 bridgehead atoms. The van der Waals surface area contributed by atoms with E-state index in [1.165, 1.54) is 19.4 Å². The third-order valence-corrected chi connectivity index (χ3v) is 4.22. The highest BCUT2D eigenvalue weighted by atomic mass is 16.6. The van der Waals surface area contributed by atoms with Crippen LogP contribution < -0.4 is 14.9 Å². The molecule has 0 aromatic heterocycles. The number of hydrogen-bond acceptors (Lipinski definition) is 5. The lowest BCUT2D eigenvalue weighted by molar-refractivity contribution is -0.129. The normalized spacial score (nSPS) is 10.9. The fraction of sp³-hybridized carbons (Fsp3) is 0.0800. The first kappa shape index (κ1) is 21.5. The summed E-state index contributed by atoms with van der Waals surface area (Å²) in [5.41, 5.74) is 4.97. The Morgan fingerprint density at radius 2 is 1.61 bits per heavy atom. The summed E-state index contributed by atoms with van der Waals surface area (Å²) in [6.07, 6.45) is 4.76. The Labute approximate surface area is 180 Å². The van der Waals surface area contributed by atoms with Crippen molar-refractivity contribution in [3.63, 3.8) is 0 Å². The smallest absolute Gasteiger partial charge is 0.336 e. The number of hydrazone groups is 1. The van der Waals surface area contributed by atoms with Crippen LogP contribution in [0.4, 0.5) is 0 Å². The van der Waals surface area contributed by atoms with Crippen LogP contribution in [0.25, 0.3) is 6.08 Å². The average Bonchev–Trinajstić information content (AvgIpc) is 2.80. The number of rotatable bonds is 8. The summed E-state index contributed by atoms with van der Waals surface area (Å²) in [5, 5.41) is 3.97. The molecule has 0 fully saturated rings. The summed E-state index contributed by atoms with van der Waals surface area (Å²) in [4.78, 5) is 24.0. The summed E-state index contributed by atoms with van der Waals surface area (Å²) in [6, 6.07) is 23.8. The van der Waals surface area contributed by atoms with Crippen LogP contribution in [0, 0.1) is 0 Å². The Bertz CT molecular complexity index is 1080. The molecule has 0 unspecified atom stereocenters. The summed E-state index contributed by atoms with van der Waals surface area (Å²) < 4.78 is 10.7. The van der Waals surface area contributed by atoms with E-state index in [0.29, 0.717) is 11.3 Å². The quantitative estimate of drug-likeness (QED) is 0.199. The molecule has 6 heteroatoms. The van der Waals surface area contributed by atoms with Crippen molar-refractivity contribution in [1.82, 2.24) is 5.43 Å². The molecule has 0 atom stereocenters. The minimum absolute atomic E-state index is 0.217. The Kier molecular flexibility index (Phi) is 7.71. The van der Waals surface area contributed by atoms with Gasteiger partial charge < -0.3 is 9.47 Å². The van der Waals surface area contributed by atoms with Crippen LogP contribution in [0.2, 0.25) is 0 Å². The van der Waals surface area contributed by atoms with Gasteiger partial charge in [-0.1, -0.05) is 60.7 Å². The van der Waals surface area contributed by atoms with Crippen LogP contribution in [0.3, 0.4) is 0 Å². The number of amides is 1. The average molecular weight is 414 g/mol. The molecule has 0 saturated carbocycles. The molecule has 31 heavy (non-hydrogen) atoms. The number of hydrogen-bond donors (Lipinski definition) is 1. The molecular formula is C25H22N2O4. The van der Waals surface area contributed by atoms with Gasteiger partial charge in [0.1, 0.15) is 0 Å². The molecule has 0 radical (unpaired) electrons. The Hall–Kier alpha value is -4.19. The highest BCUT2D eigenvalue weighted by molar-refractivity contribution is 5.89. The van der Waals surface area contributed by atoms with E-state index < -0.39 is 5.97 Å². The zero-order chi connectivity index (χ0) is 21.9. The Morgan fingerprint density at radius 1 is 0.903 bits per heavy atom. The predicted octanol–water partition coefficient (Wildman–Crippen LogP) is 4.01. The summed E-state index contributed by atoms with van der Waals surface area (Å²) >= 11 is 0. The standard InChI is InChI=1S/C25H22N2O4/c1-30-23-16-21(18-26-27-24(28)17-20-10-6-3-7-11-20)12-14-22(23)31-25(29)15-13-19-8-4-2-5-9-19/h2-16,18H,17H2,1H3,(H,27,28)/b15-13+,26-18+. The van der Waals surface area contributed by atoms with Crippen molar-refractivity contribution in [2.45, 2.75) is 6.42 Å². The van der Waals surface area contributed by atoms with E-state index in [1.807, 2.05) is 60.7 Å². The molecule has 0 spiro atoms. The molecule has 0 aliphatic carbocycles. The molecule has 1 N–H and O–H groups in total. The maximum absolute atomic E-state index is 12.1. The number of carbonyl (C=O) groups excluding carboxylic acids is 2. The van der Waals surface area contributed by atoms with Gasteiger partial charge in [0.15, 0.2) is 11.5 Å². The predicted molar refractivity (Wildman–Crippen MR) is 120 cm³/mol. The first-order valence-electron chi connectivity index (χ1n) is 9.63. The van der Waals surface area contributed by atoms with E-state index in [0.717, 1.165) is 11.1 Å². The van der Waals surface area contributed by atoms with Gasteiger partial charge in [-0.3, -0.25) is 4.79 Å². The van der Waals surface area contributed by atoms with Gasteiger partial charge in [-0.2, -0.15) is 5.10 Å². The van der Waals surface area contributed by atoms with Crippen LogP contribution in [0.15, 0.2) is 90.0 Å². The maximum Gasteiger partial charge on any atom is 0.336 e. The van der Waals surface area contributed by atoms with Gasteiger partial charge >= 0.3 is 5.97 Å². The first-order chi connectivity index (χ1) is 15.1. The summed E-state index contributed by atoms with van der Waals surface area (Å²) in [5.74, 6) is -0.0709. The summed E-state index contributed by atoms with van der Waals surface area (Å²) in [6.45, 7) is 0. The molecule has 3 aromatic rings. The van der Waals surface area contributed by atoms with Crippen molar-refractivity contribution < 1.29 is 19.1 Å². The topological polar surface area (TPSA) is 77.0 Å². The second kappa shape index (κ2) is 11.1. The van der Waals surface area contributed by atoms with Crippen LogP contribution in [0.5, 0.6) is 11.5 Å². The van der Waals surface area contributed by atoms with Gasteiger partial charge in [0.05, 0.1) is 19.7 Å². The zero-order valence-electron chi connectivity index (χ0n) is 17.0. The molecule has 0 aliphatic heterocycles. The molecule has 3 aromatic carbocycles. The van der Waals surface area contributed by atoms with Crippen molar-refractivity contribution in [2.75, 3.05) is 7.11 Å². The van der Waals surface area contributed by atoms with E-state index in [9.17, 15) is 9.59 Å². The lowest BCUT2D eigenvalue weighted by Gasteiger charge is -2.08. The van der Waals surface area contributed by atoms with Crippen molar-refractivity contribution in [3.8, 4) is 11.5 Å². The van der Waals surface area contributed by atoms with Crippen molar-refractivity contribution in [2.24, 2.45) is 5.10 Å². The number of ether oxygens (including phenoxy) is 2. The third kappa shape index (κ3) is 6.97. The number of nitrogens with zero attached hydrogens (tertiary/aromatic N) is 1. The van der Waals surface area contributed by atoms with E-state index >= 15 is 0 Å². The lowest BCUT2D eigenvalue weighted by atomic mass is 10.1. The molecule has 1 amide bonds. The molecule has 156 valence electrons. The van der Waals surface area contributed by atoms with Crippen LogP contribution in [-0.2, 0) is 16.0 Å². The highest BCUT2D eigenvalue weighted by Gasteiger charge is 2.09. The van der Waals surface area contributed by atoms with Crippen molar-refractivity contribution in [1.29, 1.82) is 0 Å². The molecular weight excluding hydrogens is 392 g/mol. The number of benzene rings is 3. The SMILES string of the molecule is COc1cc(/C=N/NC(=O)Cc2ccccc2)ccc1OC(=O)/C=C/c1ccccc1. The fourth-order valence-corrected chi connectivity index (χ4v) is 2.72. The van der Waals surface area contributed by atoms with Crippen molar-refractivity contribution in [3.05, 3.63) is 102 Å². The second-order valence-electron chi connectivity index (χ2n) is 6.53. The largest absolute Gasteiger partial charge is 0.493 e. The molecule has 0 aliphatic rings. The van der Waals surface area contributed by atoms with Crippen LogP contribution >= 0.6 is 0 Å². The Morgan fingerprint density at radius 3 is 2.32 bits per heavy atom. The minimum atomic E-state index is -0.517. The van der Waals surface area contributed by atoms with Gasteiger partial charge in [0, 0.05) is 6.08 Å². The first-order valence-corrected chi connectivity index (χ1v) is 9.63. The van der Waals surface area contributed by atoms with Crippen LogP contribution in [0.1, 0.15) is 16.7 Å². The summed E-state index contributed by atoms with van der Waals surface area (Å²) in [7, 11) is 1.48. The lowest BCUT2D eigenvalue weighted by Crippen LogP contribution is -2.19. The Balaban J connectivity index is 1.57. The number of carbonyl (C=O) groups is 2. The second-order valence-corrected chi connectivity index (χ2v) is 6.53. The number of methoxy groups -OCH3 is 1. The molecule has 6 nitrogen and oxygen atoms in total. The van der Waals surface area contributed by atoms with E-state index in [-0.39, 0.29) is 18.1 Å². The van der Waals surface area contributed by atoms with E-state index in [4.69, 9.17) is 9.47 Å². The third-order valence-electron chi connectivity index (χ3n) is 4.22. The molecule has 3 rings (SSSR count). The molecule has 0 heterocycles. The number of esters is 1. The van der Waals surface area contributed by atoms with Gasteiger partial charge in [-0.05, 0) is 41.0 Å². The fourth-order valence-electron chi connectivity index (χ4n) is 2.72. The van der Waals surface area contributed by atoms with E-state index in [1.54, 1.807) is 24.3 Å². The highest BCUT2D eigenvalue weighted by Crippen LogP contribution is 2.27. The molecule has 0 saturated heterocycles. The number of nitrogens with one attached hydrogen (secondary N) is 1. The van der Waals surface area contributed by atoms with Gasteiger partial charge in [0.2, 0.25) is 5.91 Å². The monoisotopic (exact) mass is 414 g/mol. The van der Waals surface area contributed by atoms with Crippen molar-refractivity contribution >= 4 is 24.2 Å². The van der Waals surface area contributed by atoms with Gasteiger partial charge in [0.25, 0.3) is 0 Å². The van der Waals surface area contributed by atoms with Gasteiger partial charge in [-0.15, -0.1) is 0 Å². The zero-order valence-corrected chi connectivity index (χ0v) is 17.0.